The summed E-state index contributed by atoms with van der Waals surface area (Å²) in [5.41, 5.74) is 1.84. The number of carbonyl (C=O) groups excluding carboxylic acids is 2. The van der Waals surface area contributed by atoms with Crippen LogP contribution in [0.5, 0.6) is 0 Å². The van der Waals surface area contributed by atoms with Crippen LogP contribution in [0, 0.1) is 5.92 Å². The van der Waals surface area contributed by atoms with Crippen molar-refractivity contribution in [1.29, 1.82) is 0 Å². The number of nitrogens with one attached hydrogen (secondary N) is 2. The van der Waals surface area contributed by atoms with Crippen LogP contribution in [0.25, 0.3) is 11.4 Å². The number of H-pyrrole nitrogens is 1. The lowest BCUT2D eigenvalue weighted by Gasteiger charge is -2.17. The third-order valence-electron chi connectivity index (χ3n) is 4.49. The summed E-state index contributed by atoms with van der Waals surface area (Å²) in [7, 11) is 0. The first-order valence-corrected chi connectivity index (χ1v) is 9.35. The number of hydrogen-bond acceptors (Lipinski definition) is 5. The molecule has 2 N–H and O–H groups in total. The van der Waals surface area contributed by atoms with E-state index in [1.54, 1.807) is 29.2 Å². The van der Waals surface area contributed by atoms with E-state index in [1.807, 2.05) is 24.3 Å². The molecular weight excluding hydrogens is 428 g/mol. The number of amides is 2. The second-order valence-electron chi connectivity index (χ2n) is 6.32. The van der Waals surface area contributed by atoms with Gasteiger partial charge in [-0.2, -0.15) is 0 Å². The second-order valence-corrected chi connectivity index (χ2v) is 7.24. The predicted octanol–water partition coefficient (Wildman–Crippen LogP) is 2.78. The molecule has 1 aliphatic rings. The Morgan fingerprint density at radius 1 is 1.21 bits per heavy atom. The summed E-state index contributed by atoms with van der Waals surface area (Å²) in [5.74, 6) is -1.75. The van der Waals surface area contributed by atoms with Gasteiger partial charge in [-0.1, -0.05) is 39.3 Å². The van der Waals surface area contributed by atoms with Crippen LogP contribution in [0.2, 0.25) is 0 Å². The van der Waals surface area contributed by atoms with E-state index in [-0.39, 0.29) is 17.6 Å². The van der Waals surface area contributed by atoms with E-state index >= 15 is 0 Å². The number of rotatable bonds is 4. The first-order valence-electron chi connectivity index (χ1n) is 8.55. The molecule has 0 radical (unpaired) electrons. The van der Waals surface area contributed by atoms with Crippen LogP contribution < -0.4 is 16.0 Å². The van der Waals surface area contributed by atoms with Crippen molar-refractivity contribution in [3.63, 3.8) is 0 Å². The Kier molecular flexibility index (Phi) is 4.82. The third kappa shape index (κ3) is 3.61. The van der Waals surface area contributed by atoms with E-state index in [0.29, 0.717) is 24.2 Å². The normalized spacial score (nSPS) is 16.4. The lowest BCUT2D eigenvalue weighted by molar-refractivity contribution is -0.129. The van der Waals surface area contributed by atoms with Gasteiger partial charge in [-0.3, -0.25) is 19.1 Å². The molecule has 4 rings (SSSR count). The molecule has 1 atom stereocenters. The van der Waals surface area contributed by atoms with Crippen LogP contribution in [0.15, 0.2) is 62.3 Å². The fourth-order valence-electron chi connectivity index (χ4n) is 3.15. The summed E-state index contributed by atoms with van der Waals surface area (Å²) >= 11 is 3.39. The highest BCUT2D eigenvalue weighted by Gasteiger charge is 2.37. The van der Waals surface area contributed by atoms with Gasteiger partial charge >= 0.3 is 5.76 Å². The summed E-state index contributed by atoms with van der Waals surface area (Å²) in [6.07, 6.45) is 0.438. The van der Waals surface area contributed by atoms with Crippen molar-refractivity contribution in [2.24, 2.45) is 5.92 Å². The largest absolute Gasteiger partial charge is 0.439 e. The van der Waals surface area contributed by atoms with E-state index in [9.17, 15) is 14.4 Å². The molecule has 3 aromatic rings. The molecule has 1 fully saturated rings. The molecule has 2 amide bonds. The average Bonchev–Trinajstić information content (AvgIpc) is 3.28. The van der Waals surface area contributed by atoms with Crippen molar-refractivity contribution in [2.45, 2.75) is 6.42 Å². The Morgan fingerprint density at radius 2 is 2.04 bits per heavy atom. The number of benzene rings is 2. The molecule has 9 heteroatoms. The average molecular weight is 443 g/mol. The molecule has 2 heterocycles. The number of nitrogens with zero attached hydrogens (tertiary/aromatic N) is 2. The molecule has 1 aromatic heterocycles. The molecule has 0 bridgehead atoms. The first-order chi connectivity index (χ1) is 13.5. The fraction of sp³-hybridized carbons (Fsp3) is 0.158. The van der Waals surface area contributed by atoms with Crippen LogP contribution in [-0.4, -0.2) is 28.5 Å². The molecule has 1 saturated heterocycles. The van der Waals surface area contributed by atoms with Crippen LogP contribution in [0.1, 0.15) is 6.42 Å². The standard InChI is InChI=1S/C19H15BrN4O4/c20-12-4-2-6-14(10-12)24-8-7-15(18(24)26)17(25)21-13-5-1-3-11(9-13)16-22-19(27)28-23-16/h1-6,9-10,15H,7-8H2,(H,21,25)(H,22,23,27). The Bertz CT molecular complexity index is 1110. The van der Waals surface area contributed by atoms with E-state index < -0.39 is 11.7 Å². The summed E-state index contributed by atoms with van der Waals surface area (Å²) in [4.78, 5) is 40.6. The van der Waals surface area contributed by atoms with E-state index in [1.165, 1.54) is 0 Å². The topological polar surface area (TPSA) is 108 Å². The van der Waals surface area contributed by atoms with Gasteiger partial charge in [-0.25, -0.2) is 4.79 Å². The summed E-state index contributed by atoms with van der Waals surface area (Å²) < 4.78 is 5.36. The minimum atomic E-state index is -0.755. The summed E-state index contributed by atoms with van der Waals surface area (Å²) in [6, 6.07) is 14.2. The summed E-state index contributed by atoms with van der Waals surface area (Å²) in [5, 5.41) is 6.39. The van der Waals surface area contributed by atoms with Crippen LogP contribution in [0.3, 0.4) is 0 Å². The maximum absolute atomic E-state index is 12.7. The molecule has 142 valence electrons. The van der Waals surface area contributed by atoms with Gasteiger partial charge in [-0.05, 0) is 36.8 Å². The van der Waals surface area contributed by atoms with Crippen molar-refractivity contribution < 1.29 is 14.1 Å². The molecular formula is C19H15BrN4O4. The highest BCUT2D eigenvalue weighted by atomic mass is 79.9. The minimum absolute atomic E-state index is 0.229. The monoisotopic (exact) mass is 442 g/mol. The molecule has 0 aliphatic carbocycles. The number of anilines is 2. The van der Waals surface area contributed by atoms with Gasteiger partial charge in [0.2, 0.25) is 11.8 Å². The SMILES string of the molecule is O=C(Nc1cccc(-c2noc(=O)[nH]2)c1)C1CCN(c2cccc(Br)c2)C1=O. The van der Waals surface area contributed by atoms with Crippen molar-refractivity contribution in [2.75, 3.05) is 16.8 Å². The van der Waals surface area contributed by atoms with Crippen molar-refractivity contribution in [3.05, 3.63) is 63.6 Å². The minimum Gasteiger partial charge on any atom is -0.325 e. The fourth-order valence-corrected chi connectivity index (χ4v) is 3.54. The molecule has 28 heavy (non-hydrogen) atoms. The van der Waals surface area contributed by atoms with E-state index in [4.69, 9.17) is 0 Å². The smallest absolute Gasteiger partial charge is 0.325 e. The maximum Gasteiger partial charge on any atom is 0.439 e. The van der Waals surface area contributed by atoms with Crippen molar-refractivity contribution >= 4 is 39.1 Å². The molecule has 0 saturated carbocycles. The zero-order valence-electron chi connectivity index (χ0n) is 14.5. The highest BCUT2D eigenvalue weighted by molar-refractivity contribution is 9.10. The van der Waals surface area contributed by atoms with Gasteiger partial charge in [0.15, 0.2) is 5.82 Å². The first kappa shape index (κ1) is 18.2. The van der Waals surface area contributed by atoms with Gasteiger partial charge in [0.05, 0.1) is 0 Å². The van der Waals surface area contributed by atoms with E-state index in [2.05, 4.69) is 35.9 Å². The molecule has 1 unspecified atom stereocenters. The maximum atomic E-state index is 12.7. The van der Waals surface area contributed by atoms with Crippen LogP contribution in [-0.2, 0) is 9.59 Å². The van der Waals surface area contributed by atoms with Crippen molar-refractivity contribution in [3.8, 4) is 11.4 Å². The lowest BCUT2D eigenvalue weighted by atomic mass is 10.1. The van der Waals surface area contributed by atoms with Crippen LogP contribution >= 0.6 is 15.9 Å². The van der Waals surface area contributed by atoms with Crippen molar-refractivity contribution in [1.82, 2.24) is 10.1 Å². The lowest BCUT2D eigenvalue weighted by Crippen LogP contribution is -2.33. The van der Waals surface area contributed by atoms with Gasteiger partial charge < -0.3 is 10.2 Å². The Hall–Kier alpha value is -3.20. The number of halogens is 1. The van der Waals surface area contributed by atoms with Gasteiger partial charge in [0.25, 0.3) is 0 Å². The van der Waals surface area contributed by atoms with Gasteiger partial charge in [0.1, 0.15) is 5.92 Å². The Morgan fingerprint density at radius 3 is 2.79 bits per heavy atom. The predicted molar refractivity (Wildman–Crippen MR) is 106 cm³/mol. The van der Waals surface area contributed by atoms with Gasteiger partial charge in [0, 0.05) is 28.0 Å². The molecule has 8 nitrogen and oxygen atoms in total. The molecule has 2 aromatic carbocycles. The van der Waals surface area contributed by atoms with E-state index in [0.717, 1.165) is 10.2 Å². The second kappa shape index (κ2) is 7.43. The number of hydrogen-bond donors (Lipinski definition) is 2. The number of carbonyl (C=O) groups is 2. The van der Waals surface area contributed by atoms with Crippen LogP contribution in [0.4, 0.5) is 11.4 Å². The molecule has 0 spiro atoms. The Balaban J connectivity index is 1.48. The number of aromatic nitrogens is 2. The third-order valence-corrected chi connectivity index (χ3v) is 4.98. The zero-order chi connectivity index (χ0) is 19.7. The number of aromatic amines is 1. The summed E-state index contributed by atoms with van der Waals surface area (Å²) in [6.45, 7) is 0.480. The quantitative estimate of drug-likeness (QED) is 0.603. The van der Waals surface area contributed by atoms with Gasteiger partial charge in [-0.15, -0.1) is 0 Å². The zero-order valence-corrected chi connectivity index (χ0v) is 16.1. The molecule has 1 aliphatic heterocycles. The highest BCUT2D eigenvalue weighted by Crippen LogP contribution is 2.28. The Labute approximate surface area is 167 Å².